The lowest BCUT2D eigenvalue weighted by Gasteiger charge is -2.09. The summed E-state index contributed by atoms with van der Waals surface area (Å²) in [4.78, 5) is 0. The predicted molar refractivity (Wildman–Crippen MR) is 86.9 cm³/mol. The molecule has 0 atom stereocenters. The Kier molecular flexibility index (Phi) is 5.17. The molecule has 0 aliphatic carbocycles. The lowest BCUT2D eigenvalue weighted by atomic mass is 10.1. The molecular formula is C16H21BrFN3. The molecule has 1 aromatic carbocycles. The van der Waals surface area contributed by atoms with Crippen molar-refractivity contribution >= 4 is 15.9 Å². The van der Waals surface area contributed by atoms with Crippen LogP contribution in [-0.4, -0.2) is 15.8 Å². The highest BCUT2D eigenvalue weighted by molar-refractivity contribution is 9.10. The van der Waals surface area contributed by atoms with E-state index in [1.165, 1.54) is 11.6 Å². The first-order valence-electron chi connectivity index (χ1n) is 7.08. The van der Waals surface area contributed by atoms with Crippen LogP contribution in [0.1, 0.15) is 36.4 Å². The minimum atomic E-state index is -0.201. The van der Waals surface area contributed by atoms with Crippen LogP contribution in [0.25, 0.3) is 0 Å². The van der Waals surface area contributed by atoms with E-state index < -0.39 is 0 Å². The van der Waals surface area contributed by atoms with E-state index in [-0.39, 0.29) is 5.82 Å². The highest BCUT2D eigenvalue weighted by atomic mass is 79.9. The number of hydrogen-bond donors (Lipinski definition) is 1. The summed E-state index contributed by atoms with van der Waals surface area (Å²) in [7, 11) is 0. The van der Waals surface area contributed by atoms with E-state index >= 15 is 0 Å². The van der Waals surface area contributed by atoms with Gasteiger partial charge in [0, 0.05) is 33.9 Å². The van der Waals surface area contributed by atoms with Gasteiger partial charge in [0.2, 0.25) is 0 Å². The molecule has 2 rings (SSSR count). The Labute approximate surface area is 133 Å². The van der Waals surface area contributed by atoms with Crippen LogP contribution in [0.3, 0.4) is 0 Å². The molecule has 1 aromatic heterocycles. The van der Waals surface area contributed by atoms with Crippen LogP contribution in [-0.2, 0) is 13.1 Å². The van der Waals surface area contributed by atoms with E-state index in [2.05, 4.69) is 40.2 Å². The molecule has 3 nitrogen and oxygen atoms in total. The number of rotatable bonds is 5. The van der Waals surface area contributed by atoms with E-state index in [9.17, 15) is 4.39 Å². The second kappa shape index (κ2) is 6.71. The van der Waals surface area contributed by atoms with Crippen LogP contribution < -0.4 is 5.32 Å². The van der Waals surface area contributed by atoms with Crippen LogP contribution in [0.2, 0.25) is 0 Å². The monoisotopic (exact) mass is 353 g/mol. The molecule has 1 heterocycles. The Bertz CT molecular complexity index is 635. The first kappa shape index (κ1) is 16.2. The number of halogens is 2. The standard InChI is InChI=1S/C16H21BrFN3/c1-10(2)19-8-15-11(3)20-21(12(15)4)9-13-7-14(17)5-6-16(13)18/h5-7,10,19H,8-9H2,1-4H3. The molecule has 21 heavy (non-hydrogen) atoms. The van der Waals surface area contributed by atoms with E-state index in [1.54, 1.807) is 12.1 Å². The van der Waals surface area contributed by atoms with Crippen molar-refractivity contribution in [2.24, 2.45) is 0 Å². The summed E-state index contributed by atoms with van der Waals surface area (Å²) in [5.41, 5.74) is 3.91. The zero-order valence-electron chi connectivity index (χ0n) is 12.9. The van der Waals surface area contributed by atoms with Crippen LogP contribution in [0.5, 0.6) is 0 Å². The van der Waals surface area contributed by atoms with Crippen molar-refractivity contribution in [1.82, 2.24) is 15.1 Å². The molecular weight excluding hydrogens is 333 g/mol. The van der Waals surface area contributed by atoms with Crippen molar-refractivity contribution in [2.45, 2.75) is 46.8 Å². The molecule has 0 radical (unpaired) electrons. The lowest BCUT2D eigenvalue weighted by molar-refractivity contribution is 0.574. The third kappa shape index (κ3) is 3.92. The van der Waals surface area contributed by atoms with Gasteiger partial charge in [-0.1, -0.05) is 29.8 Å². The van der Waals surface area contributed by atoms with Gasteiger partial charge in [-0.2, -0.15) is 5.10 Å². The van der Waals surface area contributed by atoms with E-state index in [0.29, 0.717) is 18.2 Å². The van der Waals surface area contributed by atoms with Gasteiger partial charge < -0.3 is 5.32 Å². The van der Waals surface area contributed by atoms with Gasteiger partial charge in [0.1, 0.15) is 5.82 Å². The number of nitrogens with zero attached hydrogens (tertiary/aromatic N) is 2. The molecule has 0 amide bonds. The summed E-state index contributed by atoms with van der Waals surface area (Å²) in [6.45, 7) is 9.50. The summed E-state index contributed by atoms with van der Waals surface area (Å²) in [5.74, 6) is -0.201. The van der Waals surface area contributed by atoms with Crippen LogP contribution in [0, 0.1) is 19.7 Å². The van der Waals surface area contributed by atoms with Crippen molar-refractivity contribution in [1.29, 1.82) is 0 Å². The van der Waals surface area contributed by atoms with Gasteiger partial charge in [0.05, 0.1) is 12.2 Å². The molecule has 0 fully saturated rings. The molecule has 1 N–H and O–H groups in total. The molecule has 5 heteroatoms. The minimum Gasteiger partial charge on any atom is -0.310 e. The number of nitrogens with one attached hydrogen (secondary N) is 1. The summed E-state index contributed by atoms with van der Waals surface area (Å²) in [6.07, 6.45) is 0. The van der Waals surface area contributed by atoms with Gasteiger partial charge in [-0.05, 0) is 32.0 Å². The molecule has 0 aliphatic heterocycles. The highest BCUT2D eigenvalue weighted by Crippen LogP contribution is 2.19. The summed E-state index contributed by atoms with van der Waals surface area (Å²) >= 11 is 3.38. The van der Waals surface area contributed by atoms with Crippen molar-refractivity contribution in [3.63, 3.8) is 0 Å². The zero-order valence-corrected chi connectivity index (χ0v) is 14.5. The molecule has 2 aromatic rings. The van der Waals surface area contributed by atoms with E-state index in [4.69, 9.17) is 0 Å². The van der Waals surface area contributed by atoms with Crippen LogP contribution in [0.15, 0.2) is 22.7 Å². The van der Waals surface area contributed by atoms with E-state index in [0.717, 1.165) is 22.4 Å². The smallest absolute Gasteiger partial charge is 0.128 e. The Morgan fingerprint density at radius 2 is 2.05 bits per heavy atom. The maximum atomic E-state index is 13.9. The van der Waals surface area contributed by atoms with Gasteiger partial charge in [0.25, 0.3) is 0 Å². The molecule has 114 valence electrons. The number of aryl methyl sites for hydroxylation is 1. The Morgan fingerprint density at radius 1 is 1.33 bits per heavy atom. The first-order valence-corrected chi connectivity index (χ1v) is 7.88. The average Bonchev–Trinajstić information content (AvgIpc) is 2.66. The van der Waals surface area contributed by atoms with Crippen molar-refractivity contribution in [2.75, 3.05) is 0 Å². The predicted octanol–water partition coefficient (Wildman–Crippen LogP) is 3.95. The summed E-state index contributed by atoms with van der Waals surface area (Å²) < 4.78 is 16.6. The molecule has 0 saturated heterocycles. The fourth-order valence-electron chi connectivity index (χ4n) is 2.28. The molecule has 0 unspecified atom stereocenters. The van der Waals surface area contributed by atoms with Crippen molar-refractivity contribution < 1.29 is 4.39 Å². The second-order valence-corrected chi connectivity index (χ2v) is 6.49. The lowest BCUT2D eigenvalue weighted by Crippen LogP contribution is -2.22. The van der Waals surface area contributed by atoms with Crippen molar-refractivity contribution in [3.8, 4) is 0 Å². The maximum absolute atomic E-state index is 13.9. The van der Waals surface area contributed by atoms with Gasteiger partial charge in [-0.25, -0.2) is 4.39 Å². The minimum absolute atomic E-state index is 0.201. The number of hydrogen-bond acceptors (Lipinski definition) is 2. The zero-order chi connectivity index (χ0) is 15.6. The van der Waals surface area contributed by atoms with Gasteiger partial charge in [-0.3, -0.25) is 4.68 Å². The van der Waals surface area contributed by atoms with Crippen LogP contribution in [0.4, 0.5) is 4.39 Å². The normalized spacial score (nSPS) is 11.4. The quantitative estimate of drug-likeness (QED) is 0.881. The fraction of sp³-hybridized carbons (Fsp3) is 0.438. The number of benzene rings is 1. The fourth-order valence-corrected chi connectivity index (χ4v) is 2.68. The Morgan fingerprint density at radius 3 is 2.71 bits per heavy atom. The molecule has 0 saturated carbocycles. The SMILES string of the molecule is Cc1nn(Cc2cc(Br)ccc2F)c(C)c1CNC(C)C. The average molecular weight is 354 g/mol. The third-order valence-electron chi connectivity index (χ3n) is 3.55. The molecule has 0 bridgehead atoms. The molecule has 0 aliphatic rings. The summed E-state index contributed by atoms with van der Waals surface area (Å²) in [5, 5.41) is 7.96. The van der Waals surface area contributed by atoms with Gasteiger partial charge in [0.15, 0.2) is 0 Å². The Balaban J connectivity index is 2.25. The summed E-state index contributed by atoms with van der Waals surface area (Å²) in [6, 6.07) is 5.41. The molecule has 0 spiro atoms. The number of aromatic nitrogens is 2. The van der Waals surface area contributed by atoms with E-state index in [1.807, 2.05) is 18.5 Å². The first-order chi connectivity index (χ1) is 9.88. The third-order valence-corrected chi connectivity index (χ3v) is 4.04. The van der Waals surface area contributed by atoms with Gasteiger partial charge in [-0.15, -0.1) is 0 Å². The maximum Gasteiger partial charge on any atom is 0.128 e. The Hall–Kier alpha value is -1.20. The second-order valence-electron chi connectivity index (χ2n) is 5.58. The topological polar surface area (TPSA) is 29.9 Å². The van der Waals surface area contributed by atoms with Crippen molar-refractivity contribution in [3.05, 3.63) is 51.0 Å². The van der Waals surface area contributed by atoms with Crippen LogP contribution >= 0.6 is 15.9 Å². The van der Waals surface area contributed by atoms with Gasteiger partial charge >= 0.3 is 0 Å². The highest BCUT2D eigenvalue weighted by Gasteiger charge is 2.13. The largest absolute Gasteiger partial charge is 0.310 e.